The number of nitrogens with one attached hydrogen (secondary N) is 1. The molecule has 0 amide bonds. The van der Waals surface area contributed by atoms with Crippen molar-refractivity contribution in [2.24, 2.45) is 0 Å². The fourth-order valence-corrected chi connectivity index (χ4v) is 2.00. The molecule has 94 valence electrons. The van der Waals surface area contributed by atoms with Gasteiger partial charge in [0.15, 0.2) is 0 Å². The van der Waals surface area contributed by atoms with E-state index in [0.29, 0.717) is 6.42 Å². The van der Waals surface area contributed by atoms with Gasteiger partial charge in [0.2, 0.25) is 0 Å². The van der Waals surface area contributed by atoms with Crippen LogP contribution in [0.1, 0.15) is 17.5 Å². The smallest absolute Gasteiger partial charge is 0.130 e. The summed E-state index contributed by atoms with van der Waals surface area (Å²) >= 11 is 0. The van der Waals surface area contributed by atoms with Crippen molar-refractivity contribution in [1.82, 2.24) is 0 Å². The standard InChI is InChI=1S/C13H19NO3/c1-8-3-4-10(5-9(8)2)14-13-6-11(16)12(7-15)17-13/h3-5,11-16H,6-7H2,1-2H3/t11-,12+,13-/m1/s1. The molecule has 1 saturated heterocycles. The van der Waals surface area contributed by atoms with E-state index in [4.69, 9.17) is 9.84 Å². The molecule has 1 fully saturated rings. The van der Waals surface area contributed by atoms with Crippen LogP contribution in [0.15, 0.2) is 18.2 Å². The molecule has 1 aromatic rings. The molecule has 1 aliphatic rings. The van der Waals surface area contributed by atoms with E-state index < -0.39 is 12.2 Å². The normalized spacial score (nSPS) is 28.4. The number of rotatable bonds is 3. The van der Waals surface area contributed by atoms with Crippen LogP contribution in [0.4, 0.5) is 5.69 Å². The summed E-state index contributed by atoms with van der Waals surface area (Å²) in [7, 11) is 0. The summed E-state index contributed by atoms with van der Waals surface area (Å²) in [5.74, 6) is 0. The van der Waals surface area contributed by atoms with E-state index in [2.05, 4.69) is 25.2 Å². The number of hydrogen-bond donors (Lipinski definition) is 3. The van der Waals surface area contributed by atoms with Crippen LogP contribution in [0.3, 0.4) is 0 Å². The summed E-state index contributed by atoms with van der Waals surface area (Å²) in [5.41, 5.74) is 3.44. The summed E-state index contributed by atoms with van der Waals surface area (Å²) in [4.78, 5) is 0. The quantitative estimate of drug-likeness (QED) is 0.739. The zero-order chi connectivity index (χ0) is 12.4. The molecule has 4 heteroatoms. The Morgan fingerprint density at radius 1 is 1.35 bits per heavy atom. The van der Waals surface area contributed by atoms with Crippen LogP contribution in [-0.2, 0) is 4.74 Å². The molecule has 0 unspecified atom stereocenters. The van der Waals surface area contributed by atoms with Crippen molar-refractivity contribution in [1.29, 1.82) is 0 Å². The Balaban J connectivity index is 2.00. The lowest BCUT2D eigenvalue weighted by molar-refractivity contribution is -0.0149. The van der Waals surface area contributed by atoms with E-state index >= 15 is 0 Å². The fraction of sp³-hybridized carbons (Fsp3) is 0.538. The minimum atomic E-state index is -0.593. The van der Waals surface area contributed by atoms with Crippen molar-refractivity contribution in [2.45, 2.75) is 38.7 Å². The lowest BCUT2D eigenvalue weighted by atomic mass is 10.1. The predicted octanol–water partition coefficient (Wildman–Crippen LogP) is 1.18. The number of aliphatic hydroxyl groups is 2. The molecule has 1 aromatic carbocycles. The maximum atomic E-state index is 9.61. The average Bonchev–Trinajstić information content (AvgIpc) is 2.64. The molecule has 3 atom stereocenters. The van der Waals surface area contributed by atoms with Crippen molar-refractivity contribution in [3.63, 3.8) is 0 Å². The highest BCUT2D eigenvalue weighted by atomic mass is 16.5. The van der Waals surface area contributed by atoms with E-state index in [1.165, 1.54) is 11.1 Å². The molecule has 0 aromatic heterocycles. The molecule has 0 aliphatic carbocycles. The van der Waals surface area contributed by atoms with Gasteiger partial charge in [-0.05, 0) is 37.1 Å². The molecule has 1 heterocycles. The highest BCUT2D eigenvalue weighted by Crippen LogP contribution is 2.23. The molecule has 0 radical (unpaired) electrons. The van der Waals surface area contributed by atoms with Gasteiger partial charge in [-0.25, -0.2) is 0 Å². The van der Waals surface area contributed by atoms with Gasteiger partial charge in [-0.2, -0.15) is 0 Å². The van der Waals surface area contributed by atoms with Gasteiger partial charge in [0.25, 0.3) is 0 Å². The summed E-state index contributed by atoms with van der Waals surface area (Å²) in [5, 5.41) is 21.8. The fourth-order valence-electron chi connectivity index (χ4n) is 2.00. The number of hydrogen-bond acceptors (Lipinski definition) is 4. The van der Waals surface area contributed by atoms with Gasteiger partial charge in [0, 0.05) is 12.1 Å². The van der Waals surface area contributed by atoms with Gasteiger partial charge in [-0.15, -0.1) is 0 Å². The van der Waals surface area contributed by atoms with E-state index in [9.17, 15) is 5.11 Å². The van der Waals surface area contributed by atoms with Crippen LogP contribution in [-0.4, -0.2) is 35.3 Å². The average molecular weight is 237 g/mol. The zero-order valence-corrected chi connectivity index (χ0v) is 10.2. The van der Waals surface area contributed by atoms with Crippen molar-refractivity contribution in [3.05, 3.63) is 29.3 Å². The Bertz CT molecular complexity index is 394. The summed E-state index contributed by atoms with van der Waals surface area (Å²) < 4.78 is 5.49. The third kappa shape index (κ3) is 2.77. The first-order valence-electron chi connectivity index (χ1n) is 5.88. The number of benzene rings is 1. The maximum Gasteiger partial charge on any atom is 0.130 e. The van der Waals surface area contributed by atoms with Gasteiger partial charge in [-0.3, -0.25) is 0 Å². The lowest BCUT2D eigenvalue weighted by Gasteiger charge is -2.15. The van der Waals surface area contributed by atoms with E-state index in [1.807, 2.05) is 12.1 Å². The van der Waals surface area contributed by atoms with E-state index in [-0.39, 0.29) is 12.8 Å². The molecule has 0 bridgehead atoms. The Labute approximate surface area is 101 Å². The molecule has 1 aliphatic heterocycles. The highest BCUT2D eigenvalue weighted by Gasteiger charge is 2.33. The lowest BCUT2D eigenvalue weighted by Crippen LogP contribution is -2.25. The first-order chi connectivity index (χ1) is 8.10. The van der Waals surface area contributed by atoms with E-state index in [1.54, 1.807) is 0 Å². The second-order valence-corrected chi connectivity index (χ2v) is 4.59. The second kappa shape index (κ2) is 5.04. The van der Waals surface area contributed by atoms with Crippen molar-refractivity contribution >= 4 is 5.69 Å². The topological polar surface area (TPSA) is 61.7 Å². The summed E-state index contributed by atoms with van der Waals surface area (Å²) in [6.07, 6.45) is -0.801. The largest absolute Gasteiger partial charge is 0.394 e. The summed E-state index contributed by atoms with van der Waals surface area (Å²) in [6, 6.07) is 6.09. The SMILES string of the molecule is Cc1ccc(N[C@H]2C[C@@H](O)[C@H](CO)O2)cc1C. The van der Waals surface area contributed by atoms with Crippen LogP contribution in [0.25, 0.3) is 0 Å². The molecule has 0 spiro atoms. The van der Waals surface area contributed by atoms with Gasteiger partial charge in [0.05, 0.1) is 12.7 Å². The maximum absolute atomic E-state index is 9.61. The Morgan fingerprint density at radius 2 is 2.12 bits per heavy atom. The highest BCUT2D eigenvalue weighted by molar-refractivity contribution is 5.48. The van der Waals surface area contributed by atoms with Gasteiger partial charge in [0.1, 0.15) is 12.3 Å². The molecule has 0 saturated carbocycles. The number of ether oxygens (including phenoxy) is 1. The molecule has 2 rings (SSSR count). The van der Waals surface area contributed by atoms with Crippen LogP contribution in [0.2, 0.25) is 0 Å². The Hall–Kier alpha value is -1.10. The van der Waals surface area contributed by atoms with Crippen molar-refractivity contribution < 1.29 is 14.9 Å². The van der Waals surface area contributed by atoms with E-state index in [0.717, 1.165) is 5.69 Å². The van der Waals surface area contributed by atoms with Crippen molar-refractivity contribution in [3.8, 4) is 0 Å². The molecule has 17 heavy (non-hydrogen) atoms. The number of anilines is 1. The summed E-state index contributed by atoms with van der Waals surface area (Å²) in [6.45, 7) is 3.98. The first kappa shape index (κ1) is 12.4. The van der Waals surface area contributed by atoms with Gasteiger partial charge < -0.3 is 20.3 Å². The molecular weight excluding hydrogens is 218 g/mol. The third-order valence-electron chi connectivity index (χ3n) is 3.24. The van der Waals surface area contributed by atoms with Crippen LogP contribution in [0, 0.1) is 13.8 Å². The van der Waals surface area contributed by atoms with Gasteiger partial charge >= 0.3 is 0 Å². The predicted molar refractivity (Wildman–Crippen MR) is 65.9 cm³/mol. The van der Waals surface area contributed by atoms with Gasteiger partial charge in [-0.1, -0.05) is 6.07 Å². The van der Waals surface area contributed by atoms with Crippen LogP contribution >= 0.6 is 0 Å². The zero-order valence-electron chi connectivity index (χ0n) is 10.2. The minimum absolute atomic E-state index is 0.147. The number of aryl methyl sites for hydroxylation is 2. The Kier molecular flexibility index (Phi) is 3.66. The molecule has 4 nitrogen and oxygen atoms in total. The van der Waals surface area contributed by atoms with Crippen LogP contribution in [0.5, 0.6) is 0 Å². The third-order valence-corrected chi connectivity index (χ3v) is 3.24. The first-order valence-corrected chi connectivity index (χ1v) is 5.88. The van der Waals surface area contributed by atoms with Crippen LogP contribution < -0.4 is 5.32 Å². The number of aliphatic hydroxyl groups excluding tert-OH is 2. The van der Waals surface area contributed by atoms with Crippen molar-refractivity contribution in [2.75, 3.05) is 11.9 Å². The monoisotopic (exact) mass is 237 g/mol. The molecule has 3 N–H and O–H groups in total. The minimum Gasteiger partial charge on any atom is -0.394 e. The molecular formula is C13H19NO3. The second-order valence-electron chi connectivity index (χ2n) is 4.59. The Morgan fingerprint density at radius 3 is 2.71 bits per heavy atom.